The molecule has 0 saturated carbocycles. The highest BCUT2D eigenvalue weighted by atomic mass is 35.5. The molecule has 0 aliphatic rings. The van der Waals surface area contributed by atoms with Crippen LogP contribution in [0, 0.1) is 0 Å². The minimum Gasteiger partial charge on any atom is -0.468 e. The molecular weight excluding hydrogens is 458 g/mol. The number of ether oxygens (including phenoxy) is 1. The summed E-state index contributed by atoms with van der Waals surface area (Å²) in [5.41, 5.74) is 0.876. The Bertz CT molecular complexity index is 1300. The van der Waals surface area contributed by atoms with E-state index in [0.717, 1.165) is 0 Å². The van der Waals surface area contributed by atoms with Crippen LogP contribution in [0.15, 0.2) is 80.8 Å². The summed E-state index contributed by atoms with van der Waals surface area (Å²) in [4.78, 5) is 16.4. The molecule has 4 rings (SSSR count). The van der Waals surface area contributed by atoms with E-state index in [1.165, 1.54) is 30.5 Å². The zero-order chi connectivity index (χ0) is 22.6. The number of carbonyl (C=O) groups is 1. The number of nitrogens with zero attached hydrogens (tertiary/aromatic N) is 2. The number of halogens is 1. The van der Waals surface area contributed by atoms with E-state index in [0.29, 0.717) is 22.2 Å². The van der Waals surface area contributed by atoms with Crippen LogP contribution in [0.4, 0.5) is 0 Å². The Morgan fingerprint density at radius 2 is 1.81 bits per heavy atom. The summed E-state index contributed by atoms with van der Waals surface area (Å²) in [6, 6.07) is 15.5. The van der Waals surface area contributed by atoms with Gasteiger partial charge in [0.25, 0.3) is 5.89 Å². The monoisotopic (exact) mass is 473 g/mol. The SMILES string of the molecule is O=C(OCc1nc(-c2ccc(Cl)cc2)no1)c1ccc(S(=O)(=O)NCc2ccco2)cc1. The summed E-state index contributed by atoms with van der Waals surface area (Å²) in [6.45, 7) is -0.217. The van der Waals surface area contributed by atoms with E-state index < -0.39 is 16.0 Å². The van der Waals surface area contributed by atoms with E-state index >= 15 is 0 Å². The van der Waals surface area contributed by atoms with Crippen molar-refractivity contribution in [3.8, 4) is 11.4 Å². The summed E-state index contributed by atoms with van der Waals surface area (Å²) in [5, 5.41) is 4.42. The van der Waals surface area contributed by atoms with Gasteiger partial charge in [0.05, 0.1) is 23.3 Å². The molecule has 2 heterocycles. The molecule has 0 spiro atoms. The summed E-state index contributed by atoms with van der Waals surface area (Å²) < 4.78 is 42.5. The predicted octanol–water partition coefficient (Wildman–Crippen LogP) is 3.82. The lowest BCUT2D eigenvalue weighted by atomic mass is 10.2. The average molecular weight is 474 g/mol. The van der Waals surface area contributed by atoms with Gasteiger partial charge in [0.1, 0.15) is 5.76 Å². The molecule has 0 fully saturated rings. The molecule has 0 aliphatic heterocycles. The van der Waals surface area contributed by atoms with E-state index in [9.17, 15) is 13.2 Å². The molecule has 0 atom stereocenters. The molecule has 1 N–H and O–H groups in total. The van der Waals surface area contributed by atoms with Crippen LogP contribution in [0.5, 0.6) is 0 Å². The summed E-state index contributed by atoms with van der Waals surface area (Å²) in [5.74, 6) is 0.270. The van der Waals surface area contributed by atoms with Crippen LogP contribution in [0.25, 0.3) is 11.4 Å². The van der Waals surface area contributed by atoms with E-state index in [4.69, 9.17) is 25.3 Å². The summed E-state index contributed by atoms with van der Waals surface area (Å²) in [7, 11) is -3.76. The van der Waals surface area contributed by atoms with Gasteiger partial charge in [-0.05, 0) is 60.7 Å². The van der Waals surface area contributed by atoms with Crippen molar-refractivity contribution in [2.24, 2.45) is 0 Å². The first kappa shape index (κ1) is 21.8. The fourth-order valence-electron chi connectivity index (χ4n) is 2.67. The fraction of sp³-hybridized carbons (Fsp3) is 0.0952. The van der Waals surface area contributed by atoms with E-state index in [1.54, 1.807) is 36.4 Å². The number of benzene rings is 2. The maximum Gasteiger partial charge on any atom is 0.338 e. The minimum absolute atomic E-state index is 0.00473. The lowest BCUT2D eigenvalue weighted by molar-refractivity contribution is 0.0429. The van der Waals surface area contributed by atoms with Gasteiger partial charge < -0.3 is 13.7 Å². The summed E-state index contributed by atoms with van der Waals surface area (Å²) in [6.07, 6.45) is 1.46. The maximum atomic E-state index is 12.4. The van der Waals surface area contributed by atoms with Crippen molar-refractivity contribution in [1.82, 2.24) is 14.9 Å². The molecule has 0 saturated heterocycles. The second-order valence-corrected chi connectivity index (χ2v) is 8.73. The molecule has 0 radical (unpaired) electrons. The van der Waals surface area contributed by atoms with Crippen LogP contribution in [-0.4, -0.2) is 24.5 Å². The minimum atomic E-state index is -3.76. The number of carbonyl (C=O) groups excluding carboxylic acids is 1. The molecule has 2 aromatic carbocycles. The molecule has 32 heavy (non-hydrogen) atoms. The van der Waals surface area contributed by atoms with Crippen LogP contribution in [-0.2, 0) is 27.9 Å². The number of esters is 1. The van der Waals surface area contributed by atoms with Gasteiger partial charge in [0.2, 0.25) is 15.8 Å². The van der Waals surface area contributed by atoms with Crippen molar-refractivity contribution in [2.75, 3.05) is 0 Å². The number of hydrogen-bond acceptors (Lipinski definition) is 8. The zero-order valence-corrected chi connectivity index (χ0v) is 18.0. The van der Waals surface area contributed by atoms with Crippen molar-refractivity contribution in [2.45, 2.75) is 18.0 Å². The highest BCUT2D eigenvalue weighted by molar-refractivity contribution is 7.89. The molecular formula is C21H16ClN3O6S. The van der Waals surface area contributed by atoms with Crippen LogP contribution < -0.4 is 4.72 Å². The van der Waals surface area contributed by atoms with Crippen molar-refractivity contribution in [1.29, 1.82) is 0 Å². The van der Waals surface area contributed by atoms with Gasteiger partial charge in [-0.25, -0.2) is 17.9 Å². The number of sulfonamides is 1. The van der Waals surface area contributed by atoms with Gasteiger partial charge in [-0.15, -0.1) is 0 Å². The Morgan fingerprint density at radius 1 is 1.06 bits per heavy atom. The highest BCUT2D eigenvalue weighted by Crippen LogP contribution is 2.19. The number of aromatic nitrogens is 2. The standard InChI is InChI=1S/C21H16ClN3O6S/c22-16-7-3-14(4-8-16)20-24-19(31-25-20)13-30-21(26)15-5-9-18(10-6-15)32(27,28)23-12-17-2-1-11-29-17/h1-11,23H,12-13H2. The topological polar surface area (TPSA) is 125 Å². The van der Waals surface area contributed by atoms with Gasteiger partial charge >= 0.3 is 5.97 Å². The largest absolute Gasteiger partial charge is 0.468 e. The van der Waals surface area contributed by atoms with Crippen molar-refractivity contribution in [3.63, 3.8) is 0 Å². The summed E-state index contributed by atoms with van der Waals surface area (Å²) >= 11 is 5.86. The molecule has 164 valence electrons. The molecule has 0 amide bonds. The van der Waals surface area contributed by atoms with E-state index in [2.05, 4.69) is 14.9 Å². The van der Waals surface area contributed by atoms with Gasteiger partial charge in [0.15, 0.2) is 6.61 Å². The van der Waals surface area contributed by atoms with Crippen molar-refractivity contribution < 1.29 is 26.9 Å². The Labute approximate surface area is 188 Å². The van der Waals surface area contributed by atoms with E-state index in [1.807, 2.05) is 0 Å². The van der Waals surface area contributed by atoms with Gasteiger partial charge in [0, 0.05) is 10.6 Å². The molecule has 11 heteroatoms. The zero-order valence-electron chi connectivity index (χ0n) is 16.4. The van der Waals surface area contributed by atoms with Gasteiger partial charge in [-0.1, -0.05) is 16.8 Å². The van der Waals surface area contributed by atoms with Crippen molar-refractivity contribution >= 4 is 27.6 Å². The van der Waals surface area contributed by atoms with Gasteiger partial charge in [-0.3, -0.25) is 0 Å². The Hall–Kier alpha value is -3.47. The smallest absolute Gasteiger partial charge is 0.338 e. The molecule has 2 aromatic heterocycles. The molecule has 0 unspecified atom stereocenters. The van der Waals surface area contributed by atoms with Crippen LogP contribution in [0.1, 0.15) is 22.0 Å². The Kier molecular flexibility index (Phi) is 6.35. The Morgan fingerprint density at radius 3 is 2.50 bits per heavy atom. The lowest BCUT2D eigenvalue weighted by Gasteiger charge is -2.06. The molecule has 0 bridgehead atoms. The number of nitrogens with one attached hydrogen (secondary N) is 1. The second kappa shape index (κ2) is 9.35. The molecule has 0 aliphatic carbocycles. The quantitative estimate of drug-likeness (QED) is 0.383. The average Bonchev–Trinajstić information content (AvgIpc) is 3.49. The maximum absolute atomic E-state index is 12.4. The second-order valence-electron chi connectivity index (χ2n) is 6.52. The first-order chi connectivity index (χ1) is 15.4. The third kappa shape index (κ3) is 5.22. The molecule has 9 nitrogen and oxygen atoms in total. The van der Waals surface area contributed by atoms with Crippen LogP contribution in [0.3, 0.4) is 0 Å². The van der Waals surface area contributed by atoms with Gasteiger partial charge in [-0.2, -0.15) is 4.98 Å². The highest BCUT2D eigenvalue weighted by Gasteiger charge is 2.17. The third-order valence-corrected chi connectivity index (χ3v) is 5.98. The first-order valence-corrected chi connectivity index (χ1v) is 11.1. The lowest BCUT2D eigenvalue weighted by Crippen LogP contribution is -2.23. The number of hydrogen-bond donors (Lipinski definition) is 1. The molecule has 4 aromatic rings. The number of rotatable bonds is 8. The number of furan rings is 1. The van der Waals surface area contributed by atoms with E-state index in [-0.39, 0.29) is 29.5 Å². The van der Waals surface area contributed by atoms with Crippen LogP contribution in [0.2, 0.25) is 5.02 Å². The Balaban J connectivity index is 1.34. The van der Waals surface area contributed by atoms with Crippen LogP contribution >= 0.6 is 11.6 Å². The predicted molar refractivity (Wildman–Crippen MR) is 113 cm³/mol. The first-order valence-electron chi connectivity index (χ1n) is 9.28. The normalized spacial score (nSPS) is 11.4. The fourth-order valence-corrected chi connectivity index (χ4v) is 3.79. The third-order valence-electron chi connectivity index (χ3n) is 4.31. The van der Waals surface area contributed by atoms with Crippen molar-refractivity contribution in [3.05, 3.63) is 89.2 Å².